The number of nitrogens with zero attached hydrogens (tertiary/aromatic N) is 3. The predicted octanol–water partition coefficient (Wildman–Crippen LogP) is 5.21. The summed E-state index contributed by atoms with van der Waals surface area (Å²) < 4.78 is 7.75. The number of aromatic nitrogens is 2. The van der Waals surface area contributed by atoms with E-state index in [2.05, 4.69) is 33.0 Å². The van der Waals surface area contributed by atoms with Crippen LogP contribution in [0, 0.1) is 13.8 Å². The fourth-order valence-electron chi connectivity index (χ4n) is 4.56. The number of hydrogen-bond donors (Lipinski definition) is 1. The Kier molecular flexibility index (Phi) is 10.1. The molecule has 200 valence electrons. The van der Waals surface area contributed by atoms with Crippen molar-refractivity contribution in [1.29, 1.82) is 0 Å². The fraction of sp³-hybridized carbons (Fsp3) is 0.500. The zero-order valence-corrected chi connectivity index (χ0v) is 23.2. The molecule has 2 aromatic carbocycles. The van der Waals surface area contributed by atoms with Crippen molar-refractivity contribution in [1.82, 2.24) is 19.8 Å². The summed E-state index contributed by atoms with van der Waals surface area (Å²) in [4.78, 5) is 32.6. The lowest BCUT2D eigenvalue weighted by atomic mass is 10.1. The van der Waals surface area contributed by atoms with Gasteiger partial charge in [-0.25, -0.2) is 4.98 Å². The van der Waals surface area contributed by atoms with Gasteiger partial charge in [0.05, 0.1) is 11.0 Å². The number of aryl methyl sites for hydroxylation is 3. The smallest absolute Gasteiger partial charge is 0.257 e. The lowest BCUT2D eigenvalue weighted by Gasteiger charge is -2.34. The van der Waals surface area contributed by atoms with E-state index in [0.717, 1.165) is 46.6 Å². The number of para-hydroxylation sites is 2. The SMILES string of the molecule is CCC(C)N(C(=O)Cn1c(CCCNC(=O)COc2cc(C)ccc2C)nc2ccccc21)C(C)CC. The van der Waals surface area contributed by atoms with E-state index in [1.807, 2.05) is 65.8 Å². The van der Waals surface area contributed by atoms with E-state index in [-0.39, 0.29) is 37.0 Å². The van der Waals surface area contributed by atoms with E-state index in [1.165, 1.54) is 0 Å². The third kappa shape index (κ3) is 7.34. The van der Waals surface area contributed by atoms with Gasteiger partial charge in [-0.15, -0.1) is 0 Å². The topological polar surface area (TPSA) is 76.5 Å². The van der Waals surface area contributed by atoms with E-state index in [1.54, 1.807) is 0 Å². The van der Waals surface area contributed by atoms with Gasteiger partial charge in [-0.2, -0.15) is 0 Å². The summed E-state index contributed by atoms with van der Waals surface area (Å²) >= 11 is 0. The van der Waals surface area contributed by atoms with Gasteiger partial charge in [-0.1, -0.05) is 38.1 Å². The first-order chi connectivity index (χ1) is 17.7. The highest BCUT2D eigenvalue weighted by Crippen LogP contribution is 2.20. The maximum Gasteiger partial charge on any atom is 0.257 e. The molecule has 7 nitrogen and oxygen atoms in total. The summed E-state index contributed by atoms with van der Waals surface area (Å²) in [6.07, 6.45) is 3.21. The first kappa shape index (κ1) is 28.2. The molecule has 0 spiro atoms. The van der Waals surface area contributed by atoms with Gasteiger partial charge >= 0.3 is 0 Å². The second-order valence-electron chi connectivity index (χ2n) is 9.93. The standard InChI is InChI=1S/C30H42N4O3/c1-7-23(5)34(24(6)8-2)30(36)19-33-26-13-10-9-12-25(26)32-28(33)14-11-17-31-29(35)20-37-27-18-21(3)15-16-22(27)4/h9-10,12-13,15-16,18,23-24H,7-8,11,14,17,19-20H2,1-6H3,(H,31,35). The Morgan fingerprint density at radius 1 is 1.05 bits per heavy atom. The molecular formula is C30H42N4O3. The monoisotopic (exact) mass is 506 g/mol. The van der Waals surface area contributed by atoms with Gasteiger partial charge in [0.25, 0.3) is 5.91 Å². The molecule has 2 amide bonds. The third-order valence-electron chi connectivity index (χ3n) is 7.05. The molecule has 3 aromatic rings. The summed E-state index contributed by atoms with van der Waals surface area (Å²) in [5.74, 6) is 1.56. The van der Waals surface area contributed by atoms with Crippen molar-refractivity contribution in [3.8, 4) is 5.75 Å². The lowest BCUT2D eigenvalue weighted by molar-refractivity contribution is -0.136. The van der Waals surface area contributed by atoms with Crippen molar-refractivity contribution in [2.24, 2.45) is 0 Å². The molecule has 2 unspecified atom stereocenters. The number of carbonyl (C=O) groups excluding carboxylic acids is 2. The second kappa shape index (κ2) is 13.3. The van der Waals surface area contributed by atoms with Gasteiger partial charge < -0.3 is 19.5 Å². The van der Waals surface area contributed by atoms with E-state index < -0.39 is 0 Å². The number of imidazole rings is 1. The second-order valence-corrected chi connectivity index (χ2v) is 9.93. The van der Waals surface area contributed by atoms with Crippen molar-refractivity contribution in [2.45, 2.75) is 85.9 Å². The largest absolute Gasteiger partial charge is 0.483 e. The Hall–Kier alpha value is -3.35. The average Bonchev–Trinajstić information content (AvgIpc) is 3.23. The molecule has 0 aliphatic carbocycles. The van der Waals surface area contributed by atoms with Crippen LogP contribution in [0.3, 0.4) is 0 Å². The fourth-order valence-corrected chi connectivity index (χ4v) is 4.56. The Bertz CT molecular complexity index is 1190. The third-order valence-corrected chi connectivity index (χ3v) is 7.05. The highest BCUT2D eigenvalue weighted by Gasteiger charge is 2.25. The molecule has 0 saturated carbocycles. The highest BCUT2D eigenvalue weighted by molar-refractivity contribution is 5.81. The summed E-state index contributed by atoms with van der Waals surface area (Å²) in [6.45, 7) is 13.2. The molecule has 1 N–H and O–H groups in total. The average molecular weight is 507 g/mol. The predicted molar refractivity (Wildman–Crippen MR) is 149 cm³/mol. The van der Waals surface area contributed by atoms with Gasteiger partial charge in [0.2, 0.25) is 5.91 Å². The molecule has 37 heavy (non-hydrogen) atoms. The minimum Gasteiger partial charge on any atom is -0.483 e. The van der Waals surface area contributed by atoms with Gasteiger partial charge in [-0.3, -0.25) is 9.59 Å². The summed E-state index contributed by atoms with van der Waals surface area (Å²) in [6, 6.07) is 14.3. The van der Waals surface area contributed by atoms with Gasteiger partial charge in [0, 0.05) is 25.0 Å². The van der Waals surface area contributed by atoms with Crippen LogP contribution in [0.4, 0.5) is 0 Å². The molecule has 0 bridgehead atoms. The van der Waals surface area contributed by atoms with Crippen LogP contribution in [-0.2, 0) is 22.6 Å². The molecular weight excluding hydrogens is 464 g/mol. The number of hydrogen-bond acceptors (Lipinski definition) is 4. The van der Waals surface area contributed by atoms with Crippen molar-refractivity contribution < 1.29 is 14.3 Å². The van der Waals surface area contributed by atoms with Crippen LogP contribution in [-0.4, -0.2) is 51.5 Å². The molecule has 2 atom stereocenters. The number of ether oxygens (including phenoxy) is 1. The van der Waals surface area contributed by atoms with Crippen molar-refractivity contribution >= 4 is 22.8 Å². The number of fused-ring (bicyclic) bond motifs is 1. The van der Waals surface area contributed by atoms with E-state index >= 15 is 0 Å². The Morgan fingerprint density at radius 3 is 2.46 bits per heavy atom. The number of carbonyl (C=O) groups is 2. The zero-order chi connectivity index (χ0) is 26.9. The quantitative estimate of drug-likeness (QED) is 0.323. The number of nitrogens with one attached hydrogen (secondary N) is 1. The van der Waals surface area contributed by atoms with Crippen LogP contribution in [0.25, 0.3) is 11.0 Å². The van der Waals surface area contributed by atoms with Crippen LogP contribution < -0.4 is 10.1 Å². The van der Waals surface area contributed by atoms with Crippen LogP contribution in [0.2, 0.25) is 0 Å². The van der Waals surface area contributed by atoms with Crippen LogP contribution >= 0.6 is 0 Å². The molecule has 0 saturated heterocycles. The van der Waals surface area contributed by atoms with Crippen molar-refractivity contribution in [3.05, 3.63) is 59.4 Å². The number of benzene rings is 2. The first-order valence-corrected chi connectivity index (χ1v) is 13.5. The van der Waals surface area contributed by atoms with Gasteiger partial charge in [-0.05, 0) is 76.3 Å². The van der Waals surface area contributed by atoms with Crippen LogP contribution in [0.5, 0.6) is 5.75 Å². The maximum absolute atomic E-state index is 13.5. The number of rotatable bonds is 13. The molecule has 0 radical (unpaired) electrons. The van der Waals surface area contributed by atoms with Gasteiger partial charge in [0.1, 0.15) is 18.1 Å². The normalized spacial score (nSPS) is 12.8. The molecule has 0 aliphatic rings. The van der Waals surface area contributed by atoms with E-state index in [9.17, 15) is 9.59 Å². The Labute approximate surface area is 221 Å². The van der Waals surface area contributed by atoms with Crippen molar-refractivity contribution in [2.75, 3.05) is 13.2 Å². The molecule has 0 aliphatic heterocycles. The molecule has 1 aromatic heterocycles. The summed E-state index contributed by atoms with van der Waals surface area (Å²) in [5, 5.41) is 2.94. The minimum atomic E-state index is -0.151. The Morgan fingerprint density at radius 2 is 1.76 bits per heavy atom. The summed E-state index contributed by atoms with van der Waals surface area (Å²) in [7, 11) is 0. The maximum atomic E-state index is 13.5. The van der Waals surface area contributed by atoms with Crippen molar-refractivity contribution in [3.63, 3.8) is 0 Å². The zero-order valence-electron chi connectivity index (χ0n) is 23.2. The molecule has 3 rings (SSSR count). The van der Waals surface area contributed by atoms with Gasteiger partial charge in [0.15, 0.2) is 6.61 Å². The van der Waals surface area contributed by atoms with Crippen LogP contribution in [0.15, 0.2) is 42.5 Å². The lowest BCUT2D eigenvalue weighted by Crippen LogP contribution is -2.45. The molecule has 0 fully saturated rings. The molecule has 1 heterocycles. The minimum absolute atomic E-state index is 0.0155. The Balaban J connectivity index is 1.62. The van der Waals surface area contributed by atoms with E-state index in [4.69, 9.17) is 9.72 Å². The summed E-state index contributed by atoms with van der Waals surface area (Å²) in [5.41, 5.74) is 3.95. The molecule has 7 heteroatoms. The van der Waals surface area contributed by atoms with E-state index in [0.29, 0.717) is 19.4 Å². The van der Waals surface area contributed by atoms with Crippen LogP contribution in [0.1, 0.15) is 63.9 Å². The first-order valence-electron chi connectivity index (χ1n) is 13.5. The number of amides is 2. The highest BCUT2D eigenvalue weighted by atomic mass is 16.5.